The van der Waals surface area contributed by atoms with Crippen molar-refractivity contribution in [2.45, 2.75) is 45.6 Å². The summed E-state index contributed by atoms with van der Waals surface area (Å²) in [6.07, 6.45) is 2.91. The van der Waals surface area contributed by atoms with Gasteiger partial charge in [-0.25, -0.2) is 0 Å². The van der Waals surface area contributed by atoms with Crippen LogP contribution in [-0.2, 0) is 14.4 Å². The maximum atomic E-state index is 12.5. The third kappa shape index (κ3) is 8.30. The van der Waals surface area contributed by atoms with E-state index in [4.69, 9.17) is 23.2 Å². The zero-order valence-electron chi connectivity index (χ0n) is 22.8. The first-order valence-corrected chi connectivity index (χ1v) is 14.5. The van der Waals surface area contributed by atoms with Gasteiger partial charge in [0, 0.05) is 71.1 Å². The van der Waals surface area contributed by atoms with Gasteiger partial charge in [-0.05, 0) is 37.5 Å². The quantitative estimate of drug-likeness (QED) is 0.459. The van der Waals surface area contributed by atoms with E-state index < -0.39 is 0 Å². The molecule has 0 aromatic heterocycles. The Bertz CT molecular complexity index is 1070. The zero-order chi connectivity index (χ0) is 27.9. The van der Waals surface area contributed by atoms with E-state index in [1.165, 1.54) is 0 Å². The van der Waals surface area contributed by atoms with Gasteiger partial charge < -0.3 is 15.5 Å². The molecule has 3 heterocycles. The van der Waals surface area contributed by atoms with Gasteiger partial charge in [-0.2, -0.15) is 5.10 Å². The van der Waals surface area contributed by atoms with Crippen molar-refractivity contribution in [1.82, 2.24) is 25.3 Å². The second kappa shape index (κ2) is 13.8. The number of rotatable bonds is 8. The zero-order valence-corrected chi connectivity index (χ0v) is 24.3. The molecule has 214 valence electrons. The minimum absolute atomic E-state index is 0.00955. The third-order valence-corrected chi connectivity index (χ3v) is 8.45. The van der Waals surface area contributed by atoms with Gasteiger partial charge in [0.05, 0.1) is 28.8 Å². The Labute approximate surface area is 240 Å². The molecule has 39 heavy (non-hydrogen) atoms. The first kappa shape index (κ1) is 29.6. The van der Waals surface area contributed by atoms with Crippen LogP contribution in [0.3, 0.4) is 0 Å². The topological polar surface area (TPSA) is 101 Å². The van der Waals surface area contributed by atoms with Crippen LogP contribution in [0.15, 0.2) is 23.3 Å². The summed E-state index contributed by atoms with van der Waals surface area (Å²) >= 11 is 12.1. The van der Waals surface area contributed by atoms with Crippen LogP contribution in [-0.4, -0.2) is 103 Å². The van der Waals surface area contributed by atoms with Gasteiger partial charge >= 0.3 is 0 Å². The molecule has 1 atom stereocenters. The molecule has 1 unspecified atom stereocenters. The van der Waals surface area contributed by atoms with Crippen molar-refractivity contribution in [1.29, 1.82) is 0 Å². The van der Waals surface area contributed by atoms with Crippen molar-refractivity contribution < 1.29 is 14.4 Å². The maximum Gasteiger partial charge on any atom is 0.234 e. The van der Waals surface area contributed by atoms with Crippen LogP contribution < -0.4 is 15.6 Å². The van der Waals surface area contributed by atoms with Crippen molar-refractivity contribution >= 4 is 52.4 Å². The summed E-state index contributed by atoms with van der Waals surface area (Å²) < 4.78 is 0. The number of benzene rings is 1. The highest BCUT2D eigenvalue weighted by atomic mass is 35.5. The lowest BCUT2D eigenvalue weighted by molar-refractivity contribution is -0.130. The summed E-state index contributed by atoms with van der Waals surface area (Å²) in [6, 6.07) is 5.86. The SMILES string of the molecule is CC(=O)N1CCC(N2CCN(CC(=O)NCCCC(=O)NC3=NN(c4ccc(Cl)c(Cl)c4)CC3C)CC2)CC1. The fourth-order valence-corrected chi connectivity index (χ4v) is 5.64. The van der Waals surface area contributed by atoms with Crippen LogP contribution in [0.25, 0.3) is 0 Å². The normalized spacial score (nSPS) is 21.1. The number of nitrogens with zero attached hydrogens (tertiary/aromatic N) is 5. The molecular formula is C27H39Cl2N7O3. The molecule has 2 saturated heterocycles. The van der Waals surface area contributed by atoms with Gasteiger partial charge in [-0.15, -0.1) is 0 Å². The second-order valence-corrected chi connectivity index (χ2v) is 11.4. The first-order valence-electron chi connectivity index (χ1n) is 13.8. The summed E-state index contributed by atoms with van der Waals surface area (Å²) in [5, 5.41) is 13.1. The lowest BCUT2D eigenvalue weighted by atomic mass is 10.0. The number of amidine groups is 1. The van der Waals surface area contributed by atoms with Gasteiger partial charge in [-0.1, -0.05) is 30.1 Å². The molecular weight excluding hydrogens is 541 g/mol. The number of carbonyl (C=O) groups excluding carboxylic acids is 3. The molecule has 0 aliphatic carbocycles. The Hall–Kier alpha value is -2.40. The monoisotopic (exact) mass is 579 g/mol. The van der Waals surface area contributed by atoms with Crippen LogP contribution in [0.2, 0.25) is 10.0 Å². The van der Waals surface area contributed by atoms with Gasteiger partial charge in [0.1, 0.15) is 5.84 Å². The Balaban J connectivity index is 1.09. The van der Waals surface area contributed by atoms with Crippen LogP contribution in [0.4, 0.5) is 5.69 Å². The van der Waals surface area contributed by atoms with Crippen molar-refractivity contribution in [3.63, 3.8) is 0 Å². The predicted octanol–water partition coefficient (Wildman–Crippen LogP) is 2.40. The molecule has 2 fully saturated rings. The van der Waals surface area contributed by atoms with E-state index in [9.17, 15) is 14.4 Å². The molecule has 3 aliphatic heterocycles. The molecule has 12 heteroatoms. The summed E-state index contributed by atoms with van der Waals surface area (Å²) in [7, 11) is 0. The molecule has 1 aromatic rings. The number of amides is 3. The molecule has 0 spiro atoms. The lowest BCUT2D eigenvalue weighted by Gasteiger charge is -2.42. The van der Waals surface area contributed by atoms with Gasteiger partial charge in [-0.3, -0.25) is 29.2 Å². The Morgan fingerprint density at radius 3 is 2.38 bits per heavy atom. The van der Waals surface area contributed by atoms with Crippen LogP contribution in [0.5, 0.6) is 0 Å². The van der Waals surface area contributed by atoms with Crippen molar-refractivity contribution in [2.75, 3.05) is 63.9 Å². The molecule has 10 nitrogen and oxygen atoms in total. The average molecular weight is 581 g/mol. The maximum absolute atomic E-state index is 12.5. The number of piperidine rings is 1. The minimum Gasteiger partial charge on any atom is -0.355 e. The fourth-order valence-electron chi connectivity index (χ4n) is 5.35. The molecule has 3 aliphatic rings. The van der Waals surface area contributed by atoms with Gasteiger partial charge in [0.25, 0.3) is 0 Å². The lowest BCUT2D eigenvalue weighted by Crippen LogP contribution is -2.54. The number of likely N-dealkylation sites (tertiary alicyclic amines) is 1. The van der Waals surface area contributed by atoms with Crippen LogP contribution >= 0.6 is 23.2 Å². The number of hydrogen-bond donors (Lipinski definition) is 2. The number of hydrazone groups is 1. The van der Waals surface area contributed by atoms with E-state index in [2.05, 4.69) is 25.5 Å². The van der Waals surface area contributed by atoms with E-state index in [1.54, 1.807) is 24.1 Å². The van der Waals surface area contributed by atoms with Crippen molar-refractivity contribution in [3.8, 4) is 0 Å². The summed E-state index contributed by atoms with van der Waals surface area (Å²) in [4.78, 5) is 43.1. The molecule has 0 saturated carbocycles. The fraction of sp³-hybridized carbons (Fsp3) is 0.630. The molecule has 2 N–H and O–H groups in total. The number of nitrogens with one attached hydrogen (secondary N) is 2. The Kier molecular flexibility index (Phi) is 10.5. The summed E-state index contributed by atoms with van der Waals surface area (Å²) in [5.41, 5.74) is 0.819. The number of piperazine rings is 1. The molecule has 3 amide bonds. The Morgan fingerprint density at radius 2 is 1.72 bits per heavy atom. The van der Waals surface area contributed by atoms with E-state index in [1.807, 2.05) is 17.9 Å². The minimum atomic E-state index is -0.115. The number of carbonyl (C=O) groups is 3. The summed E-state index contributed by atoms with van der Waals surface area (Å²) in [5.74, 6) is 0.728. The smallest absolute Gasteiger partial charge is 0.234 e. The second-order valence-electron chi connectivity index (χ2n) is 10.6. The van der Waals surface area contributed by atoms with Crippen LogP contribution in [0, 0.1) is 5.92 Å². The highest BCUT2D eigenvalue weighted by molar-refractivity contribution is 6.42. The molecule has 0 radical (unpaired) electrons. The predicted molar refractivity (Wildman–Crippen MR) is 154 cm³/mol. The third-order valence-electron chi connectivity index (χ3n) is 7.71. The largest absolute Gasteiger partial charge is 0.355 e. The average Bonchev–Trinajstić information content (AvgIpc) is 3.28. The van der Waals surface area contributed by atoms with Gasteiger partial charge in [0.2, 0.25) is 17.7 Å². The van der Waals surface area contributed by atoms with Gasteiger partial charge in [0.15, 0.2) is 0 Å². The van der Waals surface area contributed by atoms with E-state index in [-0.39, 0.29) is 23.6 Å². The number of hydrogen-bond acceptors (Lipinski definition) is 7. The van der Waals surface area contributed by atoms with E-state index in [0.717, 1.165) is 57.8 Å². The standard InChI is InChI=1S/C27H39Cl2N7O3/c1-19-17-36(22-5-6-23(28)24(29)16-22)32-27(19)31-25(38)4-3-9-30-26(39)18-33-12-14-35(15-13-33)21-7-10-34(11-8-21)20(2)37/h5-6,16,19,21H,3-4,7-15,17-18H2,1-2H3,(H,30,39)(H,31,32,38). The highest BCUT2D eigenvalue weighted by Gasteiger charge is 2.29. The summed E-state index contributed by atoms with van der Waals surface area (Å²) in [6.45, 7) is 10.4. The molecule has 1 aromatic carbocycles. The van der Waals surface area contributed by atoms with Crippen molar-refractivity contribution in [2.24, 2.45) is 11.0 Å². The highest BCUT2D eigenvalue weighted by Crippen LogP contribution is 2.29. The molecule has 4 rings (SSSR count). The van der Waals surface area contributed by atoms with E-state index >= 15 is 0 Å². The molecule has 0 bridgehead atoms. The van der Waals surface area contributed by atoms with Crippen molar-refractivity contribution in [3.05, 3.63) is 28.2 Å². The number of anilines is 1. The first-order chi connectivity index (χ1) is 18.7. The Morgan fingerprint density at radius 1 is 1.00 bits per heavy atom. The van der Waals surface area contributed by atoms with Crippen LogP contribution in [0.1, 0.15) is 39.5 Å². The van der Waals surface area contributed by atoms with E-state index in [0.29, 0.717) is 54.4 Å². The number of halogens is 2.